The third kappa shape index (κ3) is 3.96. The van der Waals surface area contributed by atoms with Crippen LogP contribution in [0.2, 0.25) is 0 Å². The summed E-state index contributed by atoms with van der Waals surface area (Å²) in [5.41, 5.74) is 0. The quantitative estimate of drug-likeness (QED) is 0.750. The van der Waals surface area contributed by atoms with Gasteiger partial charge in [0.25, 0.3) is 0 Å². The molecule has 0 bridgehead atoms. The highest BCUT2D eigenvalue weighted by Gasteiger charge is 2.27. The molecule has 0 N–H and O–H groups in total. The van der Waals surface area contributed by atoms with Gasteiger partial charge in [-0.05, 0) is 56.4 Å². The summed E-state index contributed by atoms with van der Waals surface area (Å²) >= 11 is 0. The maximum absolute atomic E-state index is 5.62. The average Bonchev–Trinajstić information content (AvgIpc) is 2.28. The molecule has 0 aromatic rings. The minimum Gasteiger partial charge on any atom is -0.381 e. The Bertz CT molecular complexity index is 215. The number of hydrogen-bond acceptors (Lipinski definition) is 2. The number of likely N-dealkylation sites (tertiary alicyclic amines) is 1. The molecule has 0 aliphatic carbocycles. The molecule has 0 aromatic carbocycles. The fraction of sp³-hybridized carbons (Fsp3) is 1.00. The van der Waals surface area contributed by atoms with Crippen molar-refractivity contribution in [2.24, 2.45) is 23.7 Å². The maximum atomic E-state index is 5.62. The lowest BCUT2D eigenvalue weighted by molar-refractivity contribution is 0.0244. The standard InChI is InChI=1S/C15H29NO/c1-12-7-14(10-16(3)9-12)8-13(2)15-5-4-6-17-11-15/h12-15H,4-11H2,1-3H3/t12-,13?,14-,15?/m1/s1. The van der Waals surface area contributed by atoms with E-state index in [1.807, 2.05) is 0 Å². The molecular formula is C15H29NO. The van der Waals surface area contributed by atoms with Crippen LogP contribution in [0.1, 0.15) is 39.5 Å². The smallest absolute Gasteiger partial charge is 0.0496 e. The fourth-order valence-electron chi connectivity index (χ4n) is 3.87. The summed E-state index contributed by atoms with van der Waals surface area (Å²) < 4.78 is 5.62. The van der Waals surface area contributed by atoms with Crippen molar-refractivity contribution in [1.29, 1.82) is 0 Å². The highest BCUT2D eigenvalue weighted by molar-refractivity contribution is 4.79. The molecule has 2 rings (SSSR count). The first-order chi connectivity index (χ1) is 8.15. The first-order valence-corrected chi connectivity index (χ1v) is 7.41. The Hall–Kier alpha value is -0.0800. The van der Waals surface area contributed by atoms with Crippen molar-refractivity contribution in [2.45, 2.75) is 39.5 Å². The monoisotopic (exact) mass is 239 g/mol. The van der Waals surface area contributed by atoms with Crippen LogP contribution in [0, 0.1) is 23.7 Å². The number of ether oxygens (including phenoxy) is 1. The molecule has 100 valence electrons. The largest absolute Gasteiger partial charge is 0.381 e. The zero-order valence-corrected chi connectivity index (χ0v) is 11.8. The molecule has 4 atom stereocenters. The maximum Gasteiger partial charge on any atom is 0.0496 e. The molecule has 2 nitrogen and oxygen atoms in total. The Balaban J connectivity index is 1.78. The Morgan fingerprint density at radius 1 is 1.35 bits per heavy atom. The molecule has 0 aromatic heterocycles. The molecule has 17 heavy (non-hydrogen) atoms. The lowest BCUT2D eigenvalue weighted by Crippen LogP contribution is -2.38. The summed E-state index contributed by atoms with van der Waals surface area (Å²) in [6.07, 6.45) is 5.50. The summed E-state index contributed by atoms with van der Waals surface area (Å²) in [5.74, 6) is 3.47. The molecule has 2 aliphatic heterocycles. The van der Waals surface area contributed by atoms with Crippen LogP contribution in [-0.2, 0) is 4.74 Å². The number of rotatable bonds is 3. The van der Waals surface area contributed by atoms with Gasteiger partial charge in [-0.3, -0.25) is 0 Å². The molecule has 2 saturated heterocycles. The van der Waals surface area contributed by atoms with Gasteiger partial charge in [-0.25, -0.2) is 0 Å². The highest BCUT2D eigenvalue weighted by Crippen LogP contribution is 2.31. The van der Waals surface area contributed by atoms with E-state index < -0.39 is 0 Å². The van der Waals surface area contributed by atoms with E-state index >= 15 is 0 Å². The van der Waals surface area contributed by atoms with Gasteiger partial charge >= 0.3 is 0 Å². The zero-order valence-electron chi connectivity index (χ0n) is 11.8. The van der Waals surface area contributed by atoms with E-state index in [-0.39, 0.29) is 0 Å². The van der Waals surface area contributed by atoms with E-state index in [0.717, 1.165) is 36.9 Å². The second-order valence-corrected chi connectivity index (χ2v) is 6.62. The summed E-state index contributed by atoms with van der Waals surface area (Å²) in [4.78, 5) is 2.52. The third-order valence-corrected chi connectivity index (χ3v) is 4.63. The van der Waals surface area contributed by atoms with Gasteiger partial charge in [-0.2, -0.15) is 0 Å². The predicted octanol–water partition coefficient (Wildman–Crippen LogP) is 3.03. The lowest BCUT2D eigenvalue weighted by atomic mass is 9.79. The summed E-state index contributed by atoms with van der Waals surface area (Å²) in [6.45, 7) is 9.45. The molecule has 2 unspecified atom stereocenters. The van der Waals surface area contributed by atoms with Crippen LogP contribution < -0.4 is 0 Å². The van der Waals surface area contributed by atoms with Gasteiger partial charge in [0.2, 0.25) is 0 Å². The van der Waals surface area contributed by atoms with E-state index in [1.54, 1.807) is 0 Å². The van der Waals surface area contributed by atoms with Crippen molar-refractivity contribution in [1.82, 2.24) is 4.90 Å². The van der Waals surface area contributed by atoms with Crippen LogP contribution >= 0.6 is 0 Å². The zero-order chi connectivity index (χ0) is 12.3. The van der Waals surface area contributed by atoms with Crippen LogP contribution in [0.25, 0.3) is 0 Å². The Kier molecular flexibility index (Phi) is 4.87. The second kappa shape index (κ2) is 6.19. The van der Waals surface area contributed by atoms with Gasteiger partial charge in [-0.15, -0.1) is 0 Å². The Labute approximate surface area is 107 Å². The SMILES string of the molecule is CC(C[C@H]1C[C@@H](C)CN(C)C1)C1CCCOC1. The van der Waals surface area contributed by atoms with Gasteiger partial charge in [0.15, 0.2) is 0 Å². The topological polar surface area (TPSA) is 12.5 Å². The van der Waals surface area contributed by atoms with Crippen molar-refractivity contribution in [2.75, 3.05) is 33.4 Å². The minimum absolute atomic E-state index is 0.825. The minimum atomic E-state index is 0.825. The fourth-order valence-corrected chi connectivity index (χ4v) is 3.87. The van der Waals surface area contributed by atoms with Crippen molar-refractivity contribution in [3.8, 4) is 0 Å². The van der Waals surface area contributed by atoms with Crippen molar-refractivity contribution >= 4 is 0 Å². The Morgan fingerprint density at radius 2 is 2.18 bits per heavy atom. The molecule has 0 saturated carbocycles. The number of piperidine rings is 1. The lowest BCUT2D eigenvalue weighted by Gasteiger charge is -2.37. The molecule has 0 radical (unpaired) electrons. The van der Waals surface area contributed by atoms with Crippen LogP contribution in [0.15, 0.2) is 0 Å². The summed E-state index contributed by atoms with van der Waals surface area (Å²) in [7, 11) is 2.27. The van der Waals surface area contributed by atoms with Gasteiger partial charge < -0.3 is 9.64 Å². The van der Waals surface area contributed by atoms with E-state index in [9.17, 15) is 0 Å². The van der Waals surface area contributed by atoms with Gasteiger partial charge in [0, 0.05) is 26.3 Å². The molecule has 2 heteroatoms. The van der Waals surface area contributed by atoms with Crippen LogP contribution in [0.4, 0.5) is 0 Å². The van der Waals surface area contributed by atoms with E-state index in [4.69, 9.17) is 4.74 Å². The molecule has 2 aliphatic rings. The van der Waals surface area contributed by atoms with E-state index in [1.165, 1.54) is 38.8 Å². The average molecular weight is 239 g/mol. The summed E-state index contributed by atoms with van der Waals surface area (Å²) in [5, 5.41) is 0. The van der Waals surface area contributed by atoms with Crippen molar-refractivity contribution in [3.05, 3.63) is 0 Å². The van der Waals surface area contributed by atoms with Crippen LogP contribution in [-0.4, -0.2) is 38.3 Å². The van der Waals surface area contributed by atoms with Crippen molar-refractivity contribution in [3.63, 3.8) is 0 Å². The first-order valence-electron chi connectivity index (χ1n) is 7.41. The van der Waals surface area contributed by atoms with Crippen molar-refractivity contribution < 1.29 is 4.74 Å². The molecule has 0 amide bonds. The number of hydrogen-bond donors (Lipinski definition) is 0. The second-order valence-electron chi connectivity index (χ2n) is 6.62. The van der Waals surface area contributed by atoms with Gasteiger partial charge in [-0.1, -0.05) is 13.8 Å². The van der Waals surface area contributed by atoms with Gasteiger partial charge in [0.1, 0.15) is 0 Å². The van der Waals surface area contributed by atoms with Crippen LogP contribution in [0.3, 0.4) is 0 Å². The predicted molar refractivity (Wildman–Crippen MR) is 72.1 cm³/mol. The number of nitrogens with zero attached hydrogens (tertiary/aromatic N) is 1. The first kappa shape index (κ1) is 13.4. The molecular weight excluding hydrogens is 210 g/mol. The van der Waals surface area contributed by atoms with E-state index in [2.05, 4.69) is 25.8 Å². The molecule has 2 fully saturated rings. The third-order valence-electron chi connectivity index (χ3n) is 4.63. The molecule has 2 heterocycles. The van der Waals surface area contributed by atoms with E-state index in [0.29, 0.717) is 0 Å². The highest BCUT2D eigenvalue weighted by atomic mass is 16.5. The van der Waals surface area contributed by atoms with Crippen LogP contribution in [0.5, 0.6) is 0 Å². The molecule has 0 spiro atoms. The van der Waals surface area contributed by atoms with Gasteiger partial charge in [0.05, 0.1) is 0 Å². The summed E-state index contributed by atoms with van der Waals surface area (Å²) in [6, 6.07) is 0. The normalized spacial score (nSPS) is 37.9. The Morgan fingerprint density at radius 3 is 2.82 bits per heavy atom.